The van der Waals surface area contributed by atoms with E-state index in [4.69, 9.17) is 9.84 Å². The molecular weight excluding hydrogens is 92.1 g/mol. The zero-order chi connectivity index (χ0) is 5.44. The average molecular weight is 100 g/mol. The number of hydrogen-bond acceptors (Lipinski definition) is 2. The van der Waals surface area contributed by atoms with Gasteiger partial charge in [-0.05, 0) is 13.8 Å². The fourth-order valence-corrected chi connectivity index (χ4v) is 0.536. The van der Waals surface area contributed by atoms with Crippen LogP contribution in [0.25, 0.3) is 0 Å². The third-order valence-electron chi connectivity index (χ3n) is 0.972. The van der Waals surface area contributed by atoms with Crippen LogP contribution in [0.15, 0.2) is 11.5 Å². The second-order valence-corrected chi connectivity index (χ2v) is 1.71. The molecule has 1 rings (SSSR count). The molecule has 0 spiro atoms. The molecule has 0 saturated carbocycles. The van der Waals surface area contributed by atoms with Gasteiger partial charge in [0, 0.05) is 0 Å². The summed E-state index contributed by atoms with van der Waals surface area (Å²) in [5.41, 5.74) is 0. The van der Waals surface area contributed by atoms with Crippen LogP contribution in [0, 0.1) is 0 Å². The number of allylic oxidation sites excluding steroid dienone is 1. The molecule has 1 atom stereocenters. The predicted octanol–water partition coefficient (Wildman–Crippen LogP) is 1.19. The van der Waals surface area contributed by atoms with Crippen molar-refractivity contribution in [2.24, 2.45) is 0 Å². The minimum absolute atomic E-state index is 0.171. The molecule has 0 aromatic rings. The molecule has 0 bridgehead atoms. The second kappa shape index (κ2) is 1.15. The van der Waals surface area contributed by atoms with E-state index in [9.17, 15) is 0 Å². The van der Waals surface area contributed by atoms with Crippen molar-refractivity contribution >= 4 is 0 Å². The molecule has 1 unspecified atom stereocenters. The van der Waals surface area contributed by atoms with Crippen LogP contribution in [-0.4, -0.2) is 11.2 Å². The van der Waals surface area contributed by atoms with Gasteiger partial charge in [0.1, 0.15) is 5.76 Å². The van der Waals surface area contributed by atoms with Crippen molar-refractivity contribution in [2.75, 3.05) is 0 Å². The molecular formula is C5H8O2. The summed E-state index contributed by atoms with van der Waals surface area (Å²) in [6.45, 7) is 3.52. The molecule has 0 aliphatic carbocycles. The lowest BCUT2D eigenvalue weighted by molar-refractivity contribution is 0.384. The quantitative estimate of drug-likeness (QED) is 0.366. The number of rotatable bonds is 0. The fourth-order valence-electron chi connectivity index (χ4n) is 0.536. The summed E-state index contributed by atoms with van der Waals surface area (Å²) in [7, 11) is 0. The Hall–Kier alpha value is -0.660. The number of aliphatic hydroxyl groups excluding tert-OH is 1. The number of epoxide rings is 1. The lowest BCUT2D eigenvalue weighted by Crippen LogP contribution is -1.70. The highest BCUT2D eigenvalue weighted by Crippen LogP contribution is 2.27. The Balaban J connectivity index is 2.60. The molecule has 0 amide bonds. The van der Waals surface area contributed by atoms with Gasteiger partial charge in [0.05, 0.1) is 0 Å². The summed E-state index contributed by atoms with van der Waals surface area (Å²) in [6.07, 6.45) is 0.171. The predicted molar refractivity (Wildman–Crippen MR) is 25.9 cm³/mol. The second-order valence-electron chi connectivity index (χ2n) is 1.71. The van der Waals surface area contributed by atoms with E-state index < -0.39 is 0 Å². The first-order chi connectivity index (χ1) is 3.22. The van der Waals surface area contributed by atoms with Crippen molar-refractivity contribution < 1.29 is 9.84 Å². The van der Waals surface area contributed by atoms with Crippen LogP contribution in [0.3, 0.4) is 0 Å². The van der Waals surface area contributed by atoms with Gasteiger partial charge in [-0.25, -0.2) is 0 Å². The van der Waals surface area contributed by atoms with Crippen LogP contribution in [0.4, 0.5) is 0 Å². The standard InChI is InChI=1S/C5H8O2/c1-3(6)5-4(2)7-5/h4,6H,1-2H3/b5-3+. The van der Waals surface area contributed by atoms with E-state index in [1.165, 1.54) is 0 Å². The van der Waals surface area contributed by atoms with Gasteiger partial charge in [-0.2, -0.15) is 0 Å². The Labute approximate surface area is 42.4 Å². The maximum atomic E-state index is 8.62. The van der Waals surface area contributed by atoms with Gasteiger partial charge in [0.25, 0.3) is 0 Å². The van der Waals surface area contributed by atoms with Gasteiger partial charge in [0.15, 0.2) is 11.9 Å². The summed E-state index contributed by atoms with van der Waals surface area (Å²) in [5.74, 6) is 1.05. The van der Waals surface area contributed by atoms with Crippen LogP contribution in [0.5, 0.6) is 0 Å². The van der Waals surface area contributed by atoms with E-state index in [2.05, 4.69) is 0 Å². The van der Waals surface area contributed by atoms with E-state index in [-0.39, 0.29) is 6.10 Å². The Morgan fingerprint density at radius 2 is 2.29 bits per heavy atom. The zero-order valence-corrected chi connectivity index (χ0v) is 4.43. The average Bonchev–Trinajstić information content (AvgIpc) is 2.17. The molecule has 1 fully saturated rings. The highest BCUT2D eigenvalue weighted by Gasteiger charge is 2.29. The van der Waals surface area contributed by atoms with Crippen molar-refractivity contribution in [1.82, 2.24) is 0 Å². The van der Waals surface area contributed by atoms with Gasteiger partial charge in [-0.3, -0.25) is 0 Å². The third kappa shape index (κ3) is 0.683. The van der Waals surface area contributed by atoms with Crippen molar-refractivity contribution in [3.63, 3.8) is 0 Å². The molecule has 0 radical (unpaired) electrons. The van der Waals surface area contributed by atoms with E-state index in [0.29, 0.717) is 5.76 Å². The lowest BCUT2D eigenvalue weighted by Gasteiger charge is -1.74. The molecule has 2 heteroatoms. The van der Waals surface area contributed by atoms with Crippen LogP contribution in [-0.2, 0) is 4.74 Å². The van der Waals surface area contributed by atoms with Gasteiger partial charge >= 0.3 is 0 Å². The van der Waals surface area contributed by atoms with Gasteiger partial charge in [-0.1, -0.05) is 0 Å². The molecule has 1 aliphatic heterocycles. The molecule has 1 N–H and O–H groups in total. The molecule has 40 valence electrons. The maximum absolute atomic E-state index is 8.62. The monoisotopic (exact) mass is 100 g/mol. The van der Waals surface area contributed by atoms with E-state index in [1.807, 2.05) is 6.92 Å². The third-order valence-corrected chi connectivity index (χ3v) is 0.972. The first-order valence-electron chi connectivity index (χ1n) is 2.28. The topological polar surface area (TPSA) is 32.8 Å². The van der Waals surface area contributed by atoms with Crippen LogP contribution in [0.1, 0.15) is 13.8 Å². The summed E-state index contributed by atoms with van der Waals surface area (Å²) in [4.78, 5) is 0. The van der Waals surface area contributed by atoms with Gasteiger partial charge in [-0.15, -0.1) is 0 Å². The summed E-state index contributed by atoms with van der Waals surface area (Å²) in [5, 5.41) is 8.62. The lowest BCUT2D eigenvalue weighted by atomic mass is 10.4. The summed E-state index contributed by atoms with van der Waals surface area (Å²) >= 11 is 0. The first-order valence-corrected chi connectivity index (χ1v) is 2.28. The highest BCUT2D eigenvalue weighted by atomic mass is 16.6. The SMILES string of the molecule is C/C(O)=C1\OC1C. The zero-order valence-electron chi connectivity index (χ0n) is 4.43. The van der Waals surface area contributed by atoms with Crippen molar-refractivity contribution in [3.8, 4) is 0 Å². The number of aliphatic hydroxyl groups is 1. The molecule has 2 nitrogen and oxygen atoms in total. The Bertz CT molecular complexity index is 111. The summed E-state index contributed by atoms with van der Waals surface area (Å²) in [6, 6.07) is 0. The van der Waals surface area contributed by atoms with Crippen LogP contribution >= 0.6 is 0 Å². The van der Waals surface area contributed by atoms with Gasteiger partial charge in [0.2, 0.25) is 0 Å². The fraction of sp³-hybridized carbons (Fsp3) is 0.600. The Kier molecular flexibility index (Phi) is 0.741. The molecule has 7 heavy (non-hydrogen) atoms. The highest BCUT2D eigenvalue weighted by molar-refractivity contribution is 5.13. The molecule has 1 saturated heterocycles. The normalized spacial score (nSPS) is 34.3. The van der Waals surface area contributed by atoms with Crippen LogP contribution < -0.4 is 0 Å². The van der Waals surface area contributed by atoms with Crippen LogP contribution in [0.2, 0.25) is 0 Å². The molecule has 1 heterocycles. The largest absolute Gasteiger partial charge is 0.509 e. The van der Waals surface area contributed by atoms with Crippen molar-refractivity contribution in [2.45, 2.75) is 20.0 Å². The Morgan fingerprint density at radius 1 is 1.86 bits per heavy atom. The molecule has 0 aromatic carbocycles. The smallest absolute Gasteiger partial charge is 0.174 e. The van der Waals surface area contributed by atoms with E-state index in [1.54, 1.807) is 6.92 Å². The minimum Gasteiger partial charge on any atom is -0.509 e. The molecule has 1 aliphatic rings. The van der Waals surface area contributed by atoms with Crippen molar-refractivity contribution in [1.29, 1.82) is 0 Å². The van der Waals surface area contributed by atoms with Crippen molar-refractivity contribution in [3.05, 3.63) is 11.5 Å². The first kappa shape index (κ1) is 4.50. The minimum atomic E-state index is 0.171. The summed E-state index contributed by atoms with van der Waals surface area (Å²) < 4.78 is 4.81. The Morgan fingerprint density at radius 3 is 2.29 bits per heavy atom. The van der Waals surface area contributed by atoms with E-state index >= 15 is 0 Å². The van der Waals surface area contributed by atoms with E-state index in [0.717, 1.165) is 5.76 Å². The maximum Gasteiger partial charge on any atom is 0.174 e. The number of ether oxygens (including phenoxy) is 1. The number of hydrogen-bond donors (Lipinski definition) is 1. The van der Waals surface area contributed by atoms with Gasteiger partial charge < -0.3 is 9.84 Å². The molecule has 0 aromatic heterocycles.